The summed E-state index contributed by atoms with van der Waals surface area (Å²) in [6, 6.07) is 9.62. The number of alkyl halides is 6. The Morgan fingerprint density at radius 2 is 0.737 bits per heavy atom. The topological polar surface area (TPSA) is 0 Å². The number of halogens is 6. The molecular weight excluding hydrogens is 306 g/mol. The van der Waals surface area contributed by atoms with Gasteiger partial charge < -0.3 is 0 Å². The van der Waals surface area contributed by atoms with E-state index in [-0.39, 0.29) is 21.7 Å². The summed E-state index contributed by atoms with van der Waals surface area (Å²) in [5, 5.41) is 0. The maximum atomic E-state index is 11.6. The molecule has 0 fully saturated rings. The molecule has 0 unspecified atom stereocenters. The Hall–Kier alpha value is -1.01. The third-order valence-electron chi connectivity index (χ3n) is 1.98. The van der Waals surface area contributed by atoms with Crippen LogP contribution in [0, 0.1) is 0 Å². The Balaban J connectivity index is 0.000000324. The van der Waals surface area contributed by atoms with Crippen molar-refractivity contribution in [3.63, 3.8) is 0 Å². The molecule has 0 nitrogen and oxygen atoms in total. The van der Waals surface area contributed by atoms with Crippen molar-refractivity contribution in [2.75, 3.05) is 0 Å². The zero-order valence-electron chi connectivity index (χ0n) is 9.39. The molecule has 0 radical (unpaired) electrons. The second kappa shape index (κ2) is 6.96. The van der Waals surface area contributed by atoms with Crippen molar-refractivity contribution in [3.05, 3.63) is 59.7 Å². The van der Waals surface area contributed by atoms with Crippen LogP contribution in [0.3, 0.4) is 0 Å². The summed E-state index contributed by atoms with van der Waals surface area (Å²) in [5.41, 5.74) is -1.16. The molecule has 0 bridgehead atoms. The van der Waals surface area contributed by atoms with Gasteiger partial charge in [0.05, 0.1) is 0 Å². The zero-order valence-corrected chi connectivity index (χ0v) is 10.9. The van der Waals surface area contributed by atoms with Gasteiger partial charge in [-0.25, -0.2) is 24.3 Å². The summed E-state index contributed by atoms with van der Waals surface area (Å²) in [6.45, 7) is 0. The molecule has 2 aromatic rings. The van der Waals surface area contributed by atoms with Gasteiger partial charge in [-0.2, -0.15) is 50.6 Å². The van der Waals surface area contributed by atoms with Crippen LogP contribution in [0.4, 0.5) is 26.3 Å². The summed E-state index contributed by atoms with van der Waals surface area (Å²) in [6.07, 6.45) is -8.35. The monoisotopic (exact) mass is 314 g/mol. The van der Waals surface area contributed by atoms with E-state index >= 15 is 0 Å². The van der Waals surface area contributed by atoms with E-state index in [4.69, 9.17) is 0 Å². The molecule has 0 saturated carbocycles. The molecule has 0 aliphatic carbocycles. The molecule has 0 N–H and O–H groups in total. The molecule has 2 rings (SSSR count). The van der Waals surface area contributed by atoms with Gasteiger partial charge >= 0.3 is 34.1 Å². The maximum Gasteiger partial charge on any atom is 2.00 e. The molecule has 0 atom stereocenters. The molecule has 102 valence electrons. The first-order valence-electron chi connectivity index (χ1n) is 4.79. The van der Waals surface area contributed by atoms with E-state index < -0.39 is 23.5 Å². The molecule has 0 heterocycles. The van der Waals surface area contributed by atoms with Crippen molar-refractivity contribution >= 4 is 0 Å². The Bertz CT molecular complexity index is 391. The van der Waals surface area contributed by atoms with E-state index in [0.717, 1.165) is 24.3 Å². The van der Waals surface area contributed by atoms with Gasteiger partial charge in [0.2, 0.25) is 0 Å². The van der Waals surface area contributed by atoms with Crippen molar-refractivity contribution in [1.29, 1.82) is 0 Å². The Morgan fingerprint density at radius 1 is 0.526 bits per heavy atom. The van der Waals surface area contributed by atoms with Crippen LogP contribution in [-0.2, 0) is 34.1 Å². The second-order valence-electron chi connectivity index (χ2n) is 3.34. The van der Waals surface area contributed by atoms with Gasteiger partial charge in [0.25, 0.3) is 0 Å². The largest absolute Gasteiger partial charge is 2.00 e. The van der Waals surface area contributed by atoms with Crippen LogP contribution >= 0.6 is 0 Å². The van der Waals surface area contributed by atoms with Gasteiger partial charge in [0.1, 0.15) is 0 Å². The fourth-order valence-electron chi connectivity index (χ4n) is 1.13. The van der Waals surface area contributed by atoms with Gasteiger partial charge in [-0.05, 0) is 0 Å². The van der Waals surface area contributed by atoms with E-state index in [1.54, 1.807) is 0 Å². The minimum absolute atomic E-state index is 0. The van der Waals surface area contributed by atoms with Crippen LogP contribution in [0.15, 0.2) is 48.5 Å². The molecule has 19 heavy (non-hydrogen) atoms. The number of rotatable bonds is 0. The van der Waals surface area contributed by atoms with Crippen LogP contribution in [0.25, 0.3) is 0 Å². The quantitative estimate of drug-likeness (QED) is 0.371. The summed E-state index contributed by atoms with van der Waals surface area (Å²) in [4.78, 5) is 0. The molecule has 0 aliphatic heterocycles. The normalized spacial score (nSPS) is 11.3. The summed E-state index contributed by atoms with van der Waals surface area (Å²) in [5.74, 6) is 0. The van der Waals surface area contributed by atoms with E-state index in [2.05, 4.69) is 0 Å². The van der Waals surface area contributed by atoms with Gasteiger partial charge in [-0.15, -0.1) is 0 Å². The van der Waals surface area contributed by atoms with Crippen LogP contribution in [0.1, 0.15) is 11.1 Å². The number of hydrogen-bond donors (Lipinski definition) is 0. The predicted molar refractivity (Wildman–Crippen MR) is 54.1 cm³/mol. The van der Waals surface area contributed by atoms with E-state index in [0.29, 0.717) is 0 Å². The first kappa shape index (κ1) is 18.0. The first-order chi connectivity index (χ1) is 8.21. The summed E-state index contributed by atoms with van der Waals surface area (Å²) >= 11 is 0. The molecule has 2 aromatic carbocycles. The fourth-order valence-corrected chi connectivity index (χ4v) is 1.13. The molecule has 0 amide bonds. The maximum absolute atomic E-state index is 11.6. The SMILES string of the molecule is FC(F)(F)[c-]1cccc1.FC(F)(F)[c-]1cccc1.[Ti+2]. The van der Waals surface area contributed by atoms with Crippen LogP contribution in [-0.4, -0.2) is 0 Å². The average Bonchev–Trinajstić information content (AvgIpc) is 2.91. The van der Waals surface area contributed by atoms with Gasteiger partial charge in [0.15, 0.2) is 0 Å². The van der Waals surface area contributed by atoms with Crippen molar-refractivity contribution < 1.29 is 48.1 Å². The van der Waals surface area contributed by atoms with E-state index in [1.807, 2.05) is 0 Å². The Labute approximate surface area is 120 Å². The molecule has 0 aliphatic rings. The molecule has 0 saturated heterocycles. The molecular formula is C12H8F6Ti. The van der Waals surface area contributed by atoms with Crippen molar-refractivity contribution in [2.45, 2.75) is 12.4 Å². The average molecular weight is 314 g/mol. The summed E-state index contributed by atoms with van der Waals surface area (Å²) in [7, 11) is 0. The van der Waals surface area contributed by atoms with E-state index in [1.165, 1.54) is 24.3 Å². The van der Waals surface area contributed by atoms with Gasteiger partial charge in [-0.3, -0.25) is 0 Å². The first-order valence-corrected chi connectivity index (χ1v) is 4.79. The Morgan fingerprint density at radius 3 is 0.842 bits per heavy atom. The number of hydrogen-bond acceptors (Lipinski definition) is 0. The van der Waals surface area contributed by atoms with Gasteiger partial charge in [-0.1, -0.05) is 11.1 Å². The van der Waals surface area contributed by atoms with Gasteiger partial charge in [0, 0.05) is 0 Å². The van der Waals surface area contributed by atoms with E-state index in [9.17, 15) is 26.3 Å². The predicted octanol–water partition coefficient (Wildman–Crippen LogP) is 4.85. The Kier molecular flexibility index (Phi) is 6.59. The summed E-state index contributed by atoms with van der Waals surface area (Å²) < 4.78 is 69.7. The fraction of sp³-hybridized carbons (Fsp3) is 0.167. The molecule has 0 spiro atoms. The van der Waals surface area contributed by atoms with Crippen molar-refractivity contribution in [2.24, 2.45) is 0 Å². The van der Waals surface area contributed by atoms with Crippen molar-refractivity contribution in [3.8, 4) is 0 Å². The van der Waals surface area contributed by atoms with Crippen LogP contribution in [0.2, 0.25) is 0 Å². The third-order valence-corrected chi connectivity index (χ3v) is 1.98. The zero-order chi connectivity index (χ0) is 13.8. The molecule has 7 heteroatoms. The second-order valence-corrected chi connectivity index (χ2v) is 3.34. The van der Waals surface area contributed by atoms with Crippen LogP contribution in [0.5, 0.6) is 0 Å². The molecule has 0 aromatic heterocycles. The van der Waals surface area contributed by atoms with Crippen molar-refractivity contribution in [1.82, 2.24) is 0 Å². The standard InChI is InChI=1S/2C6H4F3.Ti/c2*7-6(8,9)5-3-1-2-4-5;/h2*1-4H;/q2*-1;+2. The smallest absolute Gasteiger partial charge is 0.213 e. The minimum Gasteiger partial charge on any atom is -0.213 e. The third kappa shape index (κ3) is 6.12. The van der Waals surface area contributed by atoms with Crippen LogP contribution < -0.4 is 0 Å². The minimum atomic E-state index is -4.18.